The highest BCUT2D eigenvalue weighted by Gasteiger charge is 2.15. The van der Waals surface area contributed by atoms with Crippen molar-refractivity contribution in [2.45, 2.75) is 4.90 Å². The highest BCUT2D eigenvalue weighted by molar-refractivity contribution is 7.90. The van der Waals surface area contributed by atoms with Crippen LogP contribution in [-0.2, 0) is 16.9 Å². The summed E-state index contributed by atoms with van der Waals surface area (Å²) in [7, 11) is -1.63. The number of carbonyl (C=O) groups excluding carboxylic acids is 1. The number of aryl methyl sites for hydroxylation is 1. The molecule has 0 saturated heterocycles. The van der Waals surface area contributed by atoms with E-state index in [-0.39, 0.29) is 10.5 Å². The van der Waals surface area contributed by atoms with Gasteiger partial charge < -0.3 is 8.98 Å². The molecule has 4 rings (SSSR count). The zero-order valence-corrected chi connectivity index (χ0v) is 16.5. The Kier molecular flexibility index (Phi) is 4.28. The van der Waals surface area contributed by atoms with Crippen molar-refractivity contribution in [1.82, 2.24) is 4.57 Å². The van der Waals surface area contributed by atoms with Crippen LogP contribution in [0.25, 0.3) is 21.2 Å². The van der Waals surface area contributed by atoms with Crippen molar-refractivity contribution in [3.8, 4) is 0 Å². The Labute approximate surface area is 163 Å². The lowest BCUT2D eigenvalue weighted by molar-refractivity contribution is 0.0994. The summed E-state index contributed by atoms with van der Waals surface area (Å²) in [5.41, 5.74) is 0.211. The summed E-state index contributed by atoms with van der Waals surface area (Å²) in [6, 6.07) is 13.1. The molecular weight excluding hydrogens is 400 g/mol. The SMILES string of the molecule is Cn1c(=NC(=O)c2cc3ccccc3oc2=O)sc2cc(S(C)(=O)=O)ccc21. The van der Waals surface area contributed by atoms with Crippen molar-refractivity contribution in [2.24, 2.45) is 12.0 Å². The molecule has 142 valence electrons. The molecule has 0 aliphatic rings. The number of sulfone groups is 1. The molecule has 0 bridgehead atoms. The van der Waals surface area contributed by atoms with Crippen molar-refractivity contribution in [1.29, 1.82) is 0 Å². The summed E-state index contributed by atoms with van der Waals surface area (Å²) in [4.78, 5) is 29.4. The maximum Gasteiger partial charge on any atom is 0.349 e. The van der Waals surface area contributed by atoms with Gasteiger partial charge in [0.15, 0.2) is 14.6 Å². The molecule has 7 nitrogen and oxygen atoms in total. The van der Waals surface area contributed by atoms with E-state index in [1.54, 1.807) is 48.0 Å². The van der Waals surface area contributed by atoms with E-state index in [0.717, 1.165) is 11.8 Å². The lowest BCUT2D eigenvalue weighted by Crippen LogP contribution is -2.17. The molecule has 0 atom stereocenters. The van der Waals surface area contributed by atoms with Crippen LogP contribution in [-0.4, -0.2) is 25.1 Å². The lowest BCUT2D eigenvalue weighted by Gasteiger charge is -1.99. The molecule has 0 aliphatic carbocycles. The van der Waals surface area contributed by atoms with Crippen molar-refractivity contribution in [3.05, 3.63) is 69.3 Å². The Balaban J connectivity index is 1.86. The molecule has 1 amide bonds. The number of aromatic nitrogens is 1. The topological polar surface area (TPSA) is 98.7 Å². The van der Waals surface area contributed by atoms with Gasteiger partial charge in [0.25, 0.3) is 5.91 Å². The second-order valence-corrected chi connectivity index (χ2v) is 9.27. The summed E-state index contributed by atoms with van der Waals surface area (Å²) in [5, 5.41) is 0.624. The zero-order chi connectivity index (χ0) is 20.1. The third-order valence-corrected chi connectivity index (χ3v) is 6.48. The molecule has 2 heterocycles. The first-order valence-electron chi connectivity index (χ1n) is 8.15. The molecular formula is C19H14N2O5S2. The molecule has 2 aromatic heterocycles. The molecule has 0 aliphatic heterocycles. The van der Waals surface area contributed by atoms with Gasteiger partial charge in [-0.25, -0.2) is 13.2 Å². The van der Waals surface area contributed by atoms with Crippen LogP contribution in [0.1, 0.15) is 10.4 Å². The normalized spacial score (nSPS) is 12.7. The molecule has 0 spiro atoms. The predicted molar refractivity (Wildman–Crippen MR) is 106 cm³/mol. The van der Waals surface area contributed by atoms with Gasteiger partial charge in [-0.05, 0) is 30.3 Å². The number of carbonyl (C=O) groups is 1. The van der Waals surface area contributed by atoms with E-state index in [9.17, 15) is 18.0 Å². The fourth-order valence-corrected chi connectivity index (χ4v) is 4.59. The van der Waals surface area contributed by atoms with Crippen molar-refractivity contribution >= 4 is 48.3 Å². The highest BCUT2D eigenvalue weighted by atomic mass is 32.2. The van der Waals surface area contributed by atoms with Gasteiger partial charge in [0.2, 0.25) is 0 Å². The molecule has 4 aromatic rings. The van der Waals surface area contributed by atoms with Crippen molar-refractivity contribution in [3.63, 3.8) is 0 Å². The molecule has 0 radical (unpaired) electrons. The summed E-state index contributed by atoms with van der Waals surface area (Å²) >= 11 is 1.17. The van der Waals surface area contributed by atoms with Crippen LogP contribution < -0.4 is 10.4 Å². The Morgan fingerprint density at radius 3 is 2.64 bits per heavy atom. The van der Waals surface area contributed by atoms with E-state index in [2.05, 4.69) is 4.99 Å². The molecule has 28 heavy (non-hydrogen) atoms. The number of benzene rings is 2. The van der Waals surface area contributed by atoms with Gasteiger partial charge in [0.1, 0.15) is 11.1 Å². The van der Waals surface area contributed by atoms with Crippen LogP contribution in [0.3, 0.4) is 0 Å². The Morgan fingerprint density at radius 2 is 1.89 bits per heavy atom. The lowest BCUT2D eigenvalue weighted by atomic mass is 10.2. The average Bonchev–Trinajstić information content (AvgIpc) is 2.95. The quantitative estimate of drug-likeness (QED) is 0.469. The minimum atomic E-state index is -3.34. The van der Waals surface area contributed by atoms with Gasteiger partial charge in [0.05, 0.1) is 15.1 Å². The smallest absolute Gasteiger partial charge is 0.349 e. The number of nitrogens with zero attached hydrogens (tertiary/aromatic N) is 2. The van der Waals surface area contributed by atoms with Crippen LogP contribution in [0.2, 0.25) is 0 Å². The number of thiazole rings is 1. The number of hydrogen-bond acceptors (Lipinski definition) is 6. The van der Waals surface area contributed by atoms with Gasteiger partial charge in [-0.1, -0.05) is 29.5 Å². The first-order chi connectivity index (χ1) is 13.2. The maximum absolute atomic E-state index is 12.6. The molecule has 0 fully saturated rings. The summed E-state index contributed by atoms with van der Waals surface area (Å²) in [6.07, 6.45) is 1.13. The largest absolute Gasteiger partial charge is 0.422 e. The van der Waals surface area contributed by atoms with Gasteiger partial charge in [-0.3, -0.25) is 4.79 Å². The van der Waals surface area contributed by atoms with E-state index in [0.29, 0.717) is 20.5 Å². The van der Waals surface area contributed by atoms with Crippen LogP contribution in [0.4, 0.5) is 0 Å². The molecule has 9 heteroatoms. The van der Waals surface area contributed by atoms with Crippen molar-refractivity contribution in [2.75, 3.05) is 6.26 Å². The standard InChI is InChI=1S/C19H14N2O5S2/c1-21-14-8-7-12(28(2,24)25)10-16(14)27-19(21)20-17(22)13-9-11-5-3-4-6-15(11)26-18(13)23/h3-10H,1-2H3. The fourth-order valence-electron chi connectivity index (χ4n) is 2.81. The Morgan fingerprint density at radius 1 is 1.14 bits per heavy atom. The highest BCUT2D eigenvalue weighted by Crippen LogP contribution is 2.21. The Hall–Kier alpha value is -3.04. The fraction of sp³-hybridized carbons (Fsp3) is 0.105. The van der Waals surface area contributed by atoms with E-state index >= 15 is 0 Å². The molecule has 0 N–H and O–H groups in total. The predicted octanol–water partition coefficient (Wildman–Crippen LogP) is 2.49. The number of amides is 1. The first kappa shape index (κ1) is 18.3. The molecule has 0 unspecified atom stereocenters. The van der Waals surface area contributed by atoms with Crippen molar-refractivity contribution < 1.29 is 17.6 Å². The van der Waals surface area contributed by atoms with Gasteiger partial charge in [0, 0.05) is 18.7 Å². The number of rotatable bonds is 2. The second kappa shape index (κ2) is 6.54. The van der Waals surface area contributed by atoms with E-state index in [1.165, 1.54) is 23.5 Å². The third kappa shape index (κ3) is 3.19. The second-order valence-electron chi connectivity index (χ2n) is 6.25. The number of hydrogen-bond donors (Lipinski definition) is 0. The van der Waals surface area contributed by atoms with E-state index < -0.39 is 21.4 Å². The minimum Gasteiger partial charge on any atom is -0.422 e. The number of fused-ring (bicyclic) bond motifs is 2. The molecule has 0 saturated carbocycles. The summed E-state index contributed by atoms with van der Waals surface area (Å²) in [5.74, 6) is -0.718. The van der Waals surface area contributed by atoms with Crippen LogP contribution in [0, 0.1) is 0 Å². The first-order valence-corrected chi connectivity index (χ1v) is 10.9. The number of para-hydroxylation sites is 1. The zero-order valence-electron chi connectivity index (χ0n) is 14.9. The summed E-state index contributed by atoms with van der Waals surface area (Å²) < 4.78 is 31.0. The Bertz CT molecular complexity index is 1490. The van der Waals surface area contributed by atoms with E-state index in [1.807, 2.05) is 0 Å². The van der Waals surface area contributed by atoms with Gasteiger partial charge >= 0.3 is 5.63 Å². The van der Waals surface area contributed by atoms with Crippen LogP contribution in [0.5, 0.6) is 0 Å². The van der Waals surface area contributed by atoms with Crippen LogP contribution >= 0.6 is 11.3 Å². The minimum absolute atomic E-state index is 0.159. The average molecular weight is 414 g/mol. The molecule has 2 aromatic carbocycles. The summed E-state index contributed by atoms with van der Waals surface area (Å²) in [6.45, 7) is 0. The monoisotopic (exact) mass is 414 g/mol. The third-order valence-electron chi connectivity index (χ3n) is 4.28. The van der Waals surface area contributed by atoms with Gasteiger partial charge in [-0.2, -0.15) is 4.99 Å². The van der Waals surface area contributed by atoms with E-state index in [4.69, 9.17) is 4.42 Å². The maximum atomic E-state index is 12.6. The van der Waals surface area contributed by atoms with Gasteiger partial charge in [-0.15, -0.1) is 0 Å². The van der Waals surface area contributed by atoms with Crippen LogP contribution in [0.15, 0.2) is 67.6 Å².